The van der Waals surface area contributed by atoms with Gasteiger partial charge < -0.3 is 10.2 Å². The van der Waals surface area contributed by atoms with E-state index in [2.05, 4.69) is 0 Å². The summed E-state index contributed by atoms with van der Waals surface area (Å²) >= 11 is 0. The highest BCUT2D eigenvalue weighted by Crippen LogP contribution is 2.50. The molecule has 0 aromatic carbocycles. The van der Waals surface area contributed by atoms with Crippen LogP contribution in [0.2, 0.25) is 0 Å². The lowest BCUT2D eigenvalue weighted by Crippen LogP contribution is -2.61. The molecule has 0 amide bonds. The Morgan fingerprint density at radius 2 is 1.25 bits per heavy atom. The summed E-state index contributed by atoms with van der Waals surface area (Å²) in [5.41, 5.74) is -0.841. The minimum atomic E-state index is -1.28. The Balaban J connectivity index is 3.21. The second kappa shape index (κ2) is 5.34. The minimum Gasteiger partial charge on any atom is -0.481 e. The van der Waals surface area contributed by atoms with Crippen molar-refractivity contribution in [3.63, 3.8) is 0 Å². The molecule has 2 atom stereocenters. The number of Topliss-reactive ketones (excluding diaryl/α,β-unsaturated/α-hetero) is 2. The van der Waals surface area contributed by atoms with Crippen LogP contribution in [0.5, 0.6) is 0 Å². The zero-order valence-corrected chi connectivity index (χ0v) is 12.0. The van der Waals surface area contributed by atoms with Crippen molar-refractivity contribution < 1.29 is 29.4 Å². The van der Waals surface area contributed by atoms with Crippen LogP contribution in [-0.2, 0) is 19.2 Å². The van der Waals surface area contributed by atoms with Crippen LogP contribution in [0.25, 0.3) is 0 Å². The topological polar surface area (TPSA) is 109 Å². The maximum Gasteiger partial charge on any atom is 0.308 e. The predicted octanol–water partition coefficient (Wildman–Crippen LogP) is 1.23. The molecule has 0 spiro atoms. The number of aliphatic carboxylic acids is 2. The van der Waals surface area contributed by atoms with Gasteiger partial charge in [0.25, 0.3) is 0 Å². The smallest absolute Gasteiger partial charge is 0.308 e. The van der Waals surface area contributed by atoms with Gasteiger partial charge in [0.15, 0.2) is 0 Å². The van der Waals surface area contributed by atoms with Gasteiger partial charge in [-0.05, 0) is 0 Å². The van der Waals surface area contributed by atoms with Gasteiger partial charge in [0.1, 0.15) is 11.6 Å². The van der Waals surface area contributed by atoms with Crippen molar-refractivity contribution >= 4 is 23.5 Å². The van der Waals surface area contributed by atoms with E-state index in [1.165, 1.54) is 0 Å². The first-order valence-electron chi connectivity index (χ1n) is 6.56. The van der Waals surface area contributed by atoms with Crippen molar-refractivity contribution in [1.82, 2.24) is 0 Å². The lowest BCUT2D eigenvalue weighted by molar-refractivity contribution is -0.182. The lowest BCUT2D eigenvalue weighted by Gasteiger charge is -2.47. The molecule has 1 saturated carbocycles. The molecule has 0 saturated heterocycles. The van der Waals surface area contributed by atoms with Gasteiger partial charge in [-0.15, -0.1) is 0 Å². The quantitative estimate of drug-likeness (QED) is 0.786. The Labute approximate surface area is 117 Å². The van der Waals surface area contributed by atoms with E-state index in [1.54, 1.807) is 27.7 Å². The van der Waals surface area contributed by atoms with Crippen molar-refractivity contribution in [2.45, 2.75) is 34.1 Å². The van der Waals surface area contributed by atoms with Gasteiger partial charge in [-0.2, -0.15) is 0 Å². The molecule has 0 aromatic heterocycles. The minimum absolute atomic E-state index is 0.0641. The van der Waals surface area contributed by atoms with E-state index in [0.717, 1.165) is 0 Å². The summed E-state index contributed by atoms with van der Waals surface area (Å²) in [7, 11) is 0. The molecule has 20 heavy (non-hydrogen) atoms. The summed E-state index contributed by atoms with van der Waals surface area (Å²) < 4.78 is 0. The van der Waals surface area contributed by atoms with Crippen LogP contribution in [-0.4, -0.2) is 33.7 Å². The fourth-order valence-corrected chi connectivity index (χ4v) is 2.82. The van der Waals surface area contributed by atoms with Gasteiger partial charge in [-0.3, -0.25) is 19.2 Å². The summed E-state index contributed by atoms with van der Waals surface area (Å²) in [5, 5.41) is 18.5. The van der Waals surface area contributed by atoms with Crippen molar-refractivity contribution in [3.8, 4) is 0 Å². The van der Waals surface area contributed by atoms with E-state index < -0.39 is 52.6 Å². The number of hydrogen-bond acceptors (Lipinski definition) is 4. The molecule has 0 bridgehead atoms. The Bertz CT molecular complexity index is 437. The van der Waals surface area contributed by atoms with Gasteiger partial charge in [-0.25, -0.2) is 0 Å². The third-order valence-electron chi connectivity index (χ3n) is 3.88. The summed E-state index contributed by atoms with van der Waals surface area (Å²) in [5.74, 6) is -8.09. The number of carboxylic acid groups (broad SMARTS) is 2. The van der Waals surface area contributed by atoms with Crippen LogP contribution in [0.3, 0.4) is 0 Å². The predicted molar refractivity (Wildman–Crippen MR) is 69.0 cm³/mol. The summed E-state index contributed by atoms with van der Waals surface area (Å²) in [6, 6.07) is 0. The van der Waals surface area contributed by atoms with Crippen LogP contribution >= 0.6 is 0 Å². The summed E-state index contributed by atoms with van der Waals surface area (Å²) in [4.78, 5) is 46.7. The van der Waals surface area contributed by atoms with Crippen molar-refractivity contribution in [3.05, 3.63) is 0 Å². The molecule has 0 radical (unpaired) electrons. The van der Waals surface area contributed by atoms with Gasteiger partial charge in [0, 0.05) is 23.7 Å². The fourth-order valence-electron chi connectivity index (χ4n) is 2.82. The zero-order chi connectivity index (χ0) is 15.8. The van der Waals surface area contributed by atoms with Crippen LogP contribution < -0.4 is 0 Å². The Morgan fingerprint density at radius 3 is 1.50 bits per heavy atom. The number of ketones is 2. The second-order valence-corrected chi connectivity index (χ2v) is 6.21. The van der Waals surface area contributed by atoms with Crippen LogP contribution in [0.15, 0.2) is 0 Å². The molecule has 6 heteroatoms. The van der Waals surface area contributed by atoms with Crippen LogP contribution in [0, 0.1) is 29.1 Å². The number of carboxylic acids is 2. The average molecular weight is 284 g/mol. The molecule has 1 aliphatic rings. The number of rotatable bonds is 5. The Hall–Kier alpha value is -1.72. The molecule has 112 valence electrons. The second-order valence-electron chi connectivity index (χ2n) is 6.21. The highest BCUT2D eigenvalue weighted by atomic mass is 16.4. The molecule has 1 aliphatic carbocycles. The van der Waals surface area contributed by atoms with Crippen LogP contribution in [0.4, 0.5) is 0 Å². The van der Waals surface area contributed by atoms with E-state index in [-0.39, 0.29) is 6.42 Å². The summed E-state index contributed by atoms with van der Waals surface area (Å²) in [6.07, 6.45) is 0.0641. The summed E-state index contributed by atoms with van der Waals surface area (Å²) in [6.45, 7) is 6.39. The third-order valence-corrected chi connectivity index (χ3v) is 3.88. The third kappa shape index (κ3) is 2.59. The molecule has 6 nitrogen and oxygen atoms in total. The van der Waals surface area contributed by atoms with Gasteiger partial charge >= 0.3 is 11.9 Å². The molecule has 1 rings (SSSR count). The van der Waals surface area contributed by atoms with Crippen LogP contribution in [0.1, 0.15) is 34.1 Å². The SMILES string of the molecule is CCC(=O)C1C(C(=O)O)C(C(=O)C(C)(C)C)C1C(=O)O. The molecule has 2 N–H and O–H groups in total. The molecule has 1 fully saturated rings. The standard InChI is InChI=1S/C14H20O6/c1-5-6(15)7-9(12(17)18)8(10(7)13(19)20)11(16)14(2,3)4/h7-10H,5H2,1-4H3,(H,17,18)(H,19,20). The van der Waals surface area contributed by atoms with Gasteiger partial charge in [-0.1, -0.05) is 27.7 Å². The van der Waals surface area contributed by atoms with E-state index >= 15 is 0 Å². The maximum atomic E-state index is 12.3. The highest BCUT2D eigenvalue weighted by Gasteiger charge is 2.63. The maximum absolute atomic E-state index is 12.3. The van der Waals surface area contributed by atoms with Crippen molar-refractivity contribution in [1.29, 1.82) is 0 Å². The molecule has 2 unspecified atom stereocenters. The average Bonchev–Trinajstić information content (AvgIpc) is 2.24. The number of hydrogen-bond donors (Lipinski definition) is 2. The first-order chi connectivity index (χ1) is 9.03. The highest BCUT2D eigenvalue weighted by molar-refractivity contribution is 6.01. The Morgan fingerprint density at radius 1 is 0.850 bits per heavy atom. The molecular weight excluding hydrogens is 264 g/mol. The first-order valence-corrected chi connectivity index (χ1v) is 6.56. The molecule has 0 aliphatic heterocycles. The molecular formula is C14H20O6. The van der Waals surface area contributed by atoms with Crippen molar-refractivity contribution in [2.24, 2.45) is 29.1 Å². The number of carbonyl (C=O) groups is 4. The fraction of sp³-hybridized carbons (Fsp3) is 0.714. The normalized spacial score (nSPS) is 29.4. The Kier molecular flexibility index (Phi) is 4.36. The number of carbonyl (C=O) groups excluding carboxylic acids is 2. The van der Waals surface area contributed by atoms with E-state index in [1.807, 2.05) is 0 Å². The van der Waals surface area contributed by atoms with Gasteiger partial charge in [0.05, 0.1) is 11.8 Å². The monoisotopic (exact) mass is 284 g/mol. The van der Waals surface area contributed by atoms with Gasteiger partial charge in [0.2, 0.25) is 0 Å². The molecule has 0 heterocycles. The largest absolute Gasteiger partial charge is 0.481 e. The molecule has 0 aromatic rings. The van der Waals surface area contributed by atoms with Crippen molar-refractivity contribution in [2.75, 3.05) is 0 Å². The van der Waals surface area contributed by atoms with E-state index in [4.69, 9.17) is 0 Å². The lowest BCUT2D eigenvalue weighted by atomic mass is 9.51. The first kappa shape index (κ1) is 16.3. The zero-order valence-electron chi connectivity index (χ0n) is 12.0. The van der Waals surface area contributed by atoms with E-state index in [0.29, 0.717) is 0 Å². The van der Waals surface area contributed by atoms with E-state index in [9.17, 15) is 29.4 Å².